The normalized spacial score (nSPS) is 21.2. The number of aliphatic imine (C=N–C) groups is 1. The predicted octanol–water partition coefficient (Wildman–Crippen LogP) is 2.53. The van der Waals surface area contributed by atoms with Crippen LogP contribution in [-0.2, 0) is 10.7 Å². The van der Waals surface area contributed by atoms with Crippen LogP contribution < -0.4 is 15.8 Å². The van der Waals surface area contributed by atoms with Crippen molar-refractivity contribution in [1.29, 1.82) is 0 Å². The number of allylic oxidation sites excluding steroid dienone is 6. The minimum Gasteiger partial charge on any atom is -0.366 e. The number of thiol groups is 1. The standard InChI is InChI=1S/C26H24N2O3S/c1-16-6-7-17(10-13-32(30)31)18-8-9-21-19-4-2-5-20(23-15-27-11-3-12-28-23)22(19)14-24(29)26(21)25(16)18/h3,5-9,11-12,14-16,27,32H,2,4,10,13H2,1H3. The quantitative estimate of drug-likeness (QED) is 0.700. The van der Waals surface area contributed by atoms with Gasteiger partial charge >= 0.3 is 0 Å². The Hall–Kier alpha value is -3.25. The summed E-state index contributed by atoms with van der Waals surface area (Å²) in [6.45, 7) is 2.09. The Morgan fingerprint density at radius 2 is 2.03 bits per heavy atom. The maximum atomic E-state index is 13.5. The molecule has 5 nitrogen and oxygen atoms in total. The van der Waals surface area contributed by atoms with Crippen LogP contribution in [-0.4, -0.2) is 26.2 Å². The van der Waals surface area contributed by atoms with Crippen molar-refractivity contribution in [2.24, 2.45) is 4.99 Å². The summed E-state index contributed by atoms with van der Waals surface area (Å²) in [5.41, 5.74) is 6.69. The summed E-state index contributed by atoms with van der Waals surface area (Å²) >= 11 is 0. The highest BCUT2D eigenvalue weighted by Crippen LogP contribution is 2.37. The fourth-order valence-electron chi connectivity index (χ4n) is 4.96. The number of nitrogens with zero attached hydrogens (tertiary/aromatic N) is 1. The van der Waals surface area contributed by atoms with E-state index >= 15 is 0 Å². The summed E-state index contributed by atoms with van der Waals surface area (Å²) in [4.78, 5) is 18.0. The molecule has 1 heterocycles. The van der Waals surface area contributed by atoms with Crippen molar-refractivity contribution >= 4 is 33.8 Å². The summed E-state index contributed by atoms with van der Waals surface area (Å²) in [7, 11) is -2.44. The van der Waals surface area contributed by atoms with E-state index in [1.165, 1.54) is 5.57 Å². The molecule has 1 aromatic carbocycles. The number of ketones is 1. The van der Waals surface area contributed by atoms with Crippen LogP contribution >= 0.6 is 0 Å². The van der Waals surface area contributed by atoms with Gasteiger partial charge in [0.2, 0.25) is 0 Å². The highest BCUT2D eigenvalue weighted by atomic mass is 32.2. The topological polar surface area (TPSA) is 75.6 Å². The van der Waals surface area contributed by atoms with Crippen LogP contribution in [0.3, 0.4) is 0 Å². The van der Waals surface area contributed by atoms with Gasteiger partial charge in [0.1, 0.15) is 10.7 Å². The van der Waals surface area contributed by atoms with Gasteiger partial charge in [-0.1, -0.05) is 37.3 Å². The Balaban J connectivity index is 1.70. The zero-order valence-electron chi connectivity index (χ0n) is 17.8. The average molecular weight is 445 g/mol. The zero-order chi connectivity index (χ0) is 22.2. The molecule has 0 spiro atoms. The predicted molar refractivity (Wildman–Crippen MR) is 128 cm³/mol. The molecule has 5 rings (SSSR count). The molecule has 4 aliphatic rings. The number of benzene rings is 1. The summed E-state index contributed by atoms with van der Waals surface area (Å²) < 4.78 is 22.3. The molecule has 1 N–H and O–H groups in total. The number of hydrogen-bond acceptors (Lipinski definition) is 5. The summed E-state index contributed by atoms with van der Waals surface area (Å²) in [5.74, 6) is 0.207. The molecule has 0 bridgehead atoms. The van der Waals surface area contributed by atoms with Gasteiger partial charge in [0, 0.05) is 35.7 Å². The van der Waals surface area contributed by atoms with Crippen LogP contribution in [0.15, 0.2) is 76.7 Å². The molecule has 6 heteroatoms. The molecule has 0 saturated heterocycles. The van der Waals surface area contributed by atoms with Crippen molar-refractivity contribution in [2.75, 3.05) is 5.75 Å². The van der Waals surface area contributed by atoms with E-state index in [1.54, 1.807) is 12.3 Å². The zero-order valence-corrected chi connectivity index (χ0v) is 18.7. The van der Waals surface area contributed by atoms with Crippen LogP contribution in [0.4, 0.5) is 0 Å². The minimum atomic E-state index is -2.44. The summed E-state index contributed by atoms with van der Waals surface area (Å²) in [6.07, 6.45) is 17.5. The number of nitrogens with one attached hydrogen (secondary N) is 1. The third-order valence-corrected chi connectivity index (χ3v) is 6.98. The van der Waals surface area contributed by atoms with Gasteiger partial charge in [0.05, 0.1) is 11.4 Å². The first-order chi connectivity index (χ1) is 15.5. The van der Waals surface area contributed by atoms with E-state index in [-0.39, 0.29) is 17.5 Å². The number of hydrogen-bond donors (Lipinski definition) is 2. The Bertz CT molecular complexity index is 1410. The third-order valence-electron chi connectivity index (χ3n) is 6.39. The van der Waals surface area contributed by atoms with E-state index in [0.717, 1.165) is 56.8 Å². The first kappa shape index (κ1) is 20.6. The second-order valence-electron chi connectivity index (χ2n) is 8.32. The largest absolute Gasteiger partial charge is 0.366 e. The van der Waals surface area contributed by atoms with Crippen LogP contribution in [0.1, 0.15) is 48.0 Å². The smallest absolute Gasteiger partial charge is 0.187 e. The molecule has 32 heavy (non-hydrogen) atoms. The van der Waals surface area contributed by atoms with Crippen LogP contribution in [0.25, 0.3) is 11.1 Å². The van der Waals surface area contributed by atoms with Gasteiger partial charge in [-0.05, 0) is 64.1 Å². The van der Waals surface area contributed by atoms with E-state index in [4.69, 9.17) is 0 Å². The van der Waals surface area contributed by atoms with Gasteiger partial charge in [-0.2, -0.15) is 0 Å². The molecule has 0 fully saturated rings. The summed E-state index contributed by atoms with van der Waals surface area (Å²) in [5, 5.41) is 5.11. The van der Waals surface area contributed by atoms with Gasteiger partial charge in [-0.15, -0.1) is 0 Å². The van der Waals surface area contributed by atoms with Crippen molar-refractivity contribution in [3.8, 4) is 0 Å². The van der Waals surface area contributed by atoms with Gasteiger partial charge < -0.3 is 5.32 Å². The van der Waals surface area contributed by atoms with E-state index in [0.29, 0.717) is 6.42 Å². The lowest BCUT2D eigenvalue weighted by Crippen LogP contribution is -2.33. The maximum absolute atomic E-state index is 13.5. The Labute approximate surface area is 188 Å². The molecule has 1 unspecified atom stereocenters. The number of carbonyl (C=O) groups excluding carboxylic acids is 1. The second kappa shape index (κ2) is 8.36. The first-order valence-electron chi connectivity index (χ1n) is 10.9. The number of carbonyl (C=O) groups is 1. The molecule has 162 valence electrons. The second-order valence-corrected chi connectivity index (χ2v) is 9.43. The Kier molecular flexibility index (Phi) is 5.39. The summed E-state index contributed by atoms with van der Waals surface area (Å²) in [6, 6.07) is 4.11. The monoisotopic (exact) mass is 444 g/mol. The fourth-order valence-corrected chi connectivity index (χ4v) is 5.38. The number of fused-ring (bicyclic) bond motifs is 4. The van der Waals surface area contributed by atoms with Gasteiger partial charge in [-0.25, -0.2) is 8.42 Å². The van der Waals surface area contributed by atoms with Crippen molar-refractivity contribution in [2.45, 2.75) is 32.1 Å². The van der Waals surface area contributed by atoms with Crippen molar-refractivity contribution < 1.29 is 13.2 Å². The number of rotatable bonds is 4. The lowest BCUT2D eigenvalue weighted by atomic mass is 9.76. The molecular weight excluding hydrogens is 420 g/mol. The molecule has 0 radical (unpaired) electrons. The van der Waals surface area contributed by atoms with Gasteiger partial charge in [0.25, 0.3) is 0 Å². The van der Waals surface area contributed by atoms with Crippen molar-refractivity contribution in [3.05, 3.63) is 93.3 Å². The molecule has 1 aromatic rings. The van der Waals surface area contributed by atoms with E-state index < -0.39 is 10.7 Å². The Morgan fingerprint density at radius 3 is 2.88 bits per heavy atom. The molecule has 0 saturated carbocycles. The SMILES string of the molecule is CC1C=CC(CC[SH](=O)=O)=c2ccc3c(c21)C(=O)C=C1C(C2=CNC=CC=N2)=CCCC=31. The molecule has 3 aliphatic carbocycles. The lowest BCUT2D eigenvalue weighted by molar-refractivity contribution is 0.104. The van der Waals surface area contributed by atoms with Crippen LogP contribution in [0.5, 0.6) is 0 Å². The van der Waals surface area contributed by atoms with Gasteiger partial charge in [-0.3, -0.25) is 9.79 Å². The lowest BCUT2D eigenvalue weighted by Gasteiger charge is -2.27. The molecule has 1 atom stereocenters. The van der Waals surface area contributed by atoms with Crippen LogP contribution in [0.2, 0.25) is 0 Å². The average Bonchev–Trinajstić information content (AvgIpc) is 3.07. The van der Waals surface area contributed by atoms with Crippen molar-refractivity contribution in [3.63, 3.8) is 0 Å². The molecular formula is C26H24N2O3S. The van der Waals surface area contributed by atoms with E-state index in [1.807, 2.05) is 30.6 Å². The molecule has 0 amide bonds. The maximum Gasteiger partial charge on any atom is 0.187 e. The molecule has 0 aromatic heterocycles. The fraction of sp³-hybridized carbons (Fsp3) is 0.231. The van der Waals surface area contributed by atoms with E-state index in [2.05, 4.69) is 35.5 Å². The highest BCUT2D eigenvalue weighted by molar-refractivity contribution is 7.72. The molecule has 1 aliphatic heterocycles. The first-order valence-corrected chi connectivity index (χ1v) is 12.2. The van der Waals surface area contributed by atoms with Crippen LogP contribution in [0, 0.1) is 0 Å². The van der Waals surface area contributed by atoms with Crippen molar-refractivity contribution in [1.82, 2.24) is 5.32 Å². The minimum absolute atomic E-state index is 0.00378. The van der Waals surface area contributed by atoms with E-state index in [9.17, 15) is 13.2 Å². The third kappa shape index (κ3) is 3.54. The highest BCUT2D eigenvalue weighted by Gasteiger charge is 2.29. The Morgan fingerprint density at radius 1 is 1.19 bits per heavy atom. The van der Waals surface area contributed by atoms with Gasteiger partial charge in [0.15, 0.2) is 5.78 Å².